The number of hydrogen-bond acceptors (Lipinski definition) is 11. The van der Waals surface area contributed by atoms with E-state index in [0.717, 1.165) is 67.5 Å². The predicted molar refractivity (Wildman–Crippen MR) is 244 cm³/mol. The number of nitrogens with zero attached hydrogens (tertiary/aromatic N) is 8. The first kappa shape index (κ1) is 49.3. The van der Waals surface area contributed by atoms with Gasteiger partial charge in [-0.05, 0) is 69.4 Å². The van der Waals surface area contributed by atoms with Gasteiger partial charge >= 0.3 is 12.1 Å². The molecular weight excluding hydrogens is 874 g/mol. The van der Waals surface area contributed by atoms with Gasteiger partial charge in [-0.3, -0.25) is 33.3 Å². The van der Waals surface area contributed by atoms with Gasteiger partial charge in [-0.1, -0.05) is 45.6 Å². The van der Waals surface area contributed by atoms with E-state index in [1.807, 2.05) is 13.0 Å². The molecule has 0 atom stereocenters. The van der Waals surface area contributed by atoms with Crippen molar-refractivity contribution >= 4 is 39.9 Å². The van der Waals surface area contributed by atoms with Crippen LogP contribution in [0.25, 0.3) is 22.1 Å². The molecule has 2 aliphatic rings. The third kappa shape index (κ3) is 10.2. The van der Waals surface area contributed by atoms with Crippen molar-refractivity contribution in [3.63, 3.8) is 0 Å². The van der Waals surface area contributed by atoms with Crippen LogP contribution < -0.4 is 26.2 Å². The number of hydrogen-bond donors (Lipinski definition) is 3. The van der Waals surface area contributed by atoms with Gasteiger partial charge < -0.3 is 29.6 Å². The molecule has 6 aromatic heterocycles. The molecule has 0 radical (unpaired) electrons. The molecule has 2 aliphatic carbocycles. The van der Waals surface area contributed by atoms with Crippen molar-refractivity contribution in [1.29, 1.82) is 0 Å². The maximum atomic E-state index is 13.7. The largest absolute Gasteiger partial charge is 0.503 e. The van der Waals surface area contributed by atoms with Crippen LogP contribution in [0.15, 0.2) is 83.7 Å². The van der Waals surface area contributed by atoms with Gasteiger partial charge in [0.1, 0.15) is 11.3 Å². The fraction of sp³-hybridized carbons (Fsp3) is 0.426. The quantitative estimate of drug-likeness (QED) is 0.0981. The van der Waals surface area contributed by atoms with Crippen molar-refractivity contribution in [2.24, 2.45) is 5.92 Å². The Morgan fingerprint density at radius 2 is 1.27 bits per heavy atom. The molecule has 6 aromatic rings. The van der Waals surface area contributed by atoms with Gasteiger partial charge in [0.25, 0.3) is 22.7 Å². The van der Waals surface area contributed by atoms with E-state index in [9.17, 15) is 42.3 Å². The molecule has 3 N–H and O–H groups in total. The first-order valence-corrected chi connectivity index (χ1v) is 22.0. The van der Waals surface area contributed by atoms with E-state index in [4.69, 9.17) is 4.74 Å². The first-order valence-electron chi connectivity index (χ1n) is 22.0. The first-order chi connectivity index (χ1) is 31.8. The third-order valence-electron chi connectivity index (χ3n) is 12.1. The Balaban J connectivity index is 0.000000209. The van der Waals surface area contributed by atoms with Crippen LogP contribution in [0.5, 0.6) is 11.5 Å². The van der Waals surface area contributed by atoms with Crippen molar-refractivity contribution in [3.8, 4) is 11.5 Å². The van der Waals surface area contributed by atoms with E-state index >= 15 is 0 Å². The van der Waals surface area contributed by atoms with Gasteiger partial charge in [0.05, 0.1) is 48.0 Å². The van der Waals surface area contributed by atoms with Crippen molar-refractivity contribution in [2.45, 2.75) is 109 Å². The van der Waals surface area contributed by atoms with Crippen LogP contribution in [-0.4, -0.2) is 75.6 Å². The van der Waals surface area contributed by atoms with Gasteiger partial charge in [0, 0.05) is 49.7 Å². The zero-order chi connectivity index (χ0) is 48.8. The Morgan fingerprint density at radius 3 is 1.76 bits per heavy atom. The molecule has 2 amide bonds. The molecule has 2 saturated carbocycles. The van der Waals surface area contributed by atoms with Crippen LogP contribution in [-0.2, 0) is 35.1 Å². The fourth-order valence-electron chi connectivity index (χ4n) is 8.88. The van der Waals surface area contributed by atoms with Crippen LogP contribution in [0.2, 0.25) is 0 Å². The average molecular weight is 929 g/mol. The van der Waals surface area contributed by atoms with E-state index in [1.54, 1.807) is 30.8 Å². The second kappa shape index (κ2) is 20.2. The number of rotatable bonds is 10. The number of ether oxygens (including phenoxy) is 1. The maximum Gasteiger partial charge on any atom is 0.418 e. The molecule has 0 spiro atoms. The molecule has 67 heavy (non-hydrogen) atoms. The highest BCUT2D eigenvalue weighted by molar-refractivity contribution is 5.92. The van der Waals surface area contributed by atoms with Crippen LogP contribution in [0, 0.1) is 12.8 Å². The van der Waals surface area contributed by atoms with Crippen LogP contribution in [0.3, 0.4) is 0 Å². The van der Waals surface area contributed by atoms with Crippen molar-refractivity contribution in [3.05, 3.63) is 117 Å². The molecule has 0 aliphatic heterocycles. The third-order valence-corrected chi connectivity index (χ3v) is 12.1. The topological polar surface area (TPSA) is 210 Å². The molecule has 6 heterocycles. The summed E-state index contributed by atoms with van der Waals surface area (Å²) in [5.74, 6) is -3.20. The lowest BCUT2D eigenvalue weighted by molar-refractivity contribution is -0.138. The number of allylic oxidation sites excluding steroid dienone is 1. The van der Waals surface area contributed by atoms with Crippen molar-refractivity contribution in [2.75, 3.05) is 14.1 Å². The number of carbonyl (C=O) groups excluding carboxylic acids is 3. The molecule has 2 fully saturated rings. The molecule has 20 heteroatoms. The Hall–Kier alpha value is -7.12. The Kier molecular flexibility index (Phi) is 14.9. The Labute approximate surface area is 383 Å². The molecule has 17 nitrogen and oxygen atoms in total. The minimum Gasteiger partial charge on any atom is -0.503 e. The summed E-state index contributed by atoms with van der Waals surface area (Å²) in [6.45, 7) is 11.1. The summed E-state index contributed by atoms with van der Waals surface area (Å²) in [5.41, 5.74) is -2.09. The number of pyridine rings is 2. The summed E-state index contributed by atoms with van der Waals surface area (Å²) >= 11 is 0. The molecule has 0 unspecified atom stereocenters. The Bertz CT molecular complexity index is 2920. The van der Waals surface area contributed by atoms with Gasteiger partial charge in [0.2, 0.25) is 0 Å². The number of fused-ring (bicyclic) bond motifs is 2. The molecule has 356 valence electrons. The number of aryl methyl sites for hydroxylation is 1. The normalized spacial score (nSPS) is 15.1. The second-order valence-electron chi connectivity index (χ2n) is 17.1. The zero-order valence-corrected chi connectivity index (χ0v) is 38.3. The number of esters is 1. The number of alkyl halides is 3. The summed E-state index contributed by atoms with van der Waals surface area (Å²) in [6, 6.07) is 6.83. The lowest BCUT2D eigenvalue weighted by Gasteiger charge is -2.32. The standard InChI is InChI=1S/C24H29N5O4.C20H20F3N5O3.C3H6/c1-15(2)23(32)33-18-13-28(27-19(20(18)30)22(31)25-4)14-24(9-5-6-10-24)29-12-16(3)17-8-7-11-26-21(17)29;1-24-18(31)15-16(30)14(29)10-27(26-15)11-19(6-2-3-7-19)28-9-13(20(21,22)23)12-5-4-8-25-17(12)28;1-3-2/h7-8,11-13,15H,5-6,9-10,14H2,1-4H3,(H,25,31);4-5,8-10,29H,2-3,6-7,11H2,1H3,(H,24,31);3H,1H2,2H3. The summed E-state index contributed by atoms with van der Waals surface area (Å²) in [7, 11) is 2.76. The lowest BCUT2D eigenvalue weighted by Crippen LogP contribution is -2.38. The minimum absolute atomic E-state index is 0.00281. The highest BCUT2D eigenvalue weighted by Gasteiger charge is 2.42. The van der Waals surface area contributed by atoms with E-state index in [-0.39, 0.29) is 34.6 Å². The highest BCUT2D eigenvalue weighted by Crippen LogP contribution is 2.44. The molecule has 8 rings (SSSR count). The summed E-state index contributed by atoms with van der Waals surface area (Å²) in [6.07, 6.45) is 12.7. The summed E-state index contributed by atoms with van der Waals surface area (Å²) < 4.78 is 52.9. The van der Waals surface area contributed by atoms with Gasteiger partial charge in [0.15, 0.2) is 22.9 Å². The minimum atomic E-state index is -4.55. The highest BCUT2D eigenvalue weighted by atomic mass is 19.4. The number of amides is 2. The maximum absolute atomic E-state index is 13.7. The van der Waals surface area contributed by atoms with E-state index in [0.29, 0.717) is 19.4 Å². The zero-order valence-electron chi connectivity index (χ0n) is 38.3. The van der Waals surface area contributed by atoms with Gasteiger partial charge in [-0.25, -0.2) is 9.97 Å². The SMILES string of the molecule is C=CC.CNC(=O)c1nn(CC2(n3cc(C(F)(F)F)c4cccnc43)CCCC2)cc(O)c1=O.CNC(=O)c1nn(CC2(n3cc(C)c4cccnc43)CCCC2)cc(OC(=O)C(C)C)c1=O. The van der Waals surface area contributed by atoms with E-state index in [1.165, 1.54) is 47.9 Å². The Morgan fingerprint density at radius 1 is 0.806 bits per heavy atom. The molecule has 0 saturated heterocycles. The number of halogens is 3. The number of nitrogens with one attached hydrogen (secondary N) is 2. The second-order valence-corrected chi connectivity index (χ2v) is 17.1. The fourth-order valence-corrected chi connectivity index (χ4v) is 8.88. The van der Waals surface area contributed by atoms with Crippen molar-refractivity contribution in [1.82, 2.24) is 49.3 Å². The summed E-state index contributed by atoms with van der Waals surface area (Å²) in [4.78, 5) is 70.3. The van der Waals surface area contributed by atoms with Crippen LogP contribution in [0.1, 0.15) is 104 Å². The van der Waals surface area contributed by atoms with E-state index in [2.05, 4.69) is 61.1 Å². The predicted octanol–water partition coefficient (Wildman–Crippen LogP) is 6.63. The van der Waals surface area contributed by atoms with Gasteiger partial charge in [-0.2, -0.15) is 23.4 Å². The molecular formula is C47H55F3N10O7. The van der Waals surface area contributed by atoms with Gasteiger partial charge in [-0.15, -0.1) is 6.58 Å². The van der Waals surface area contributed by atoms with E-state index < -0.39 is 63.3 Å². The monoisotopic (exact) mass is 928 g/mol. The number of aromatic hydroxyl groups is 1. The van der Waals surface area contributed by atoms with Crippen molar-refractivity contribution < 1.29 is 37.4 Å². The van der Waals surface area contributed by atoms with Crippen LogP contribution >= 0.6 is 0 Å². The lowest BCUT2D eigenvalue weighted by atomic mass is 9.97. The smallest absolute Gasteiger partial charge is 0.418 e. The number of carbonyl (C=O) groups is 3. The average Bonchev–Trinajstić information content (AvgIpc) is 4.12. The number of aromatic nitrogens is 8. The summed E-state index contributed by atoms with van der Waals surface area (Å²) in [5, 5.41) is 24.2. The molecule has 0 bridgehead atoms. The van der Waals surface area contributed by atoms with Crippen LogP contribution in [0.4, 0.5) is 13.2 Å². The molecule has 0 aromatic carbocycles.